The molecule has 1 heterocycles. The largest absolute Gasteiger partial charge is 0.456 e. The summed E-state index contributed by atoms with van der Waals surface area (Å²) in [6, 6.07) is 6.54. The predicted octanol–water partition coefficient (Wildman–Crippen LogP) is 4.41. The van der Waals surface area contributed by atoms with Crippen molar-refractivity contribution < 1.29 is 14.3 Å². The van der Waals surface area contributed by atoms with Crippen LogP contribution in [0.3, 0.4) is 0 Å². The number of esters is 1. The number of anilines is 1. The second-order valence-electron chi connectivity index (χ2n) is 5.59. The summed E-state index contributed by atoms with van der Waals surface area (Å²) in [5.74, 6) is 0.341. The number of halogens is 1. The van der Waals surface area contributed by atoms with Crippen molar-refractivity contribution in [3.05, 3.63) is 28.8 Å². The zero-order valence-electron chi connectivity index (χ0n) is 13.6. The number of hydrogen-bond donors (Lipinski definition) is 1. The zero-order chi connectivity index (χ0) is 18.1. The van der Waals surface area contributed by atoms with Crippen LogP contribution in [0.15, 0.2) is 18.2 Å². The maximum atomic E-state index is 11.9. The molecule has 134 valence electrons. The minimum Gasteiger partial charge on any atom is -0.456 e. The van der Waals surface area contributed by atoms with Crippen molar-refractivity contribution in [2.24, 2.45) is 0 Å². The van der Waals surface area contributed by atoms with E-state index < -0.39 is 5.91 Å². The lowest BCUT2D eigenvalue weighted by atomic mass is 10.1. The Morgan fingerprint density at radius 1 is 1.40 bits per heavy atom. The molecule has 1 saturated heterocycles. The molecule has 1 fully saturated rings. The standard InChI is InChI=1S/C17H19ClN2O3S2/c18-13-6-5-12(10-19)15(9-13)20-16(21)11-23-17(22)4-2-1-3-14-7-8-24-25-14/h5-6,9,14H,1-4,7-8,11H2,(H,20,21)/t14-/m1/s1. The number of unbranched alkanes of at least 4 members (excludes halogenated alkanes) is 1. The molecule has 2 rings (SSSR count). The van der Waals surface area contributed by atoms with Gasteiger partial charge in [-0.3, -0.25) is 9.59 Å². The van der Waals surface area contributed by atoms with Gasteiger partial charge in [-0.1, -0.05) is 39.6 Å². The summed E-state index contributed by atoms with van der Waals surface area (Å²) in [6.45, 7) is -0.370. The van der Waals surface area contributed by atoms with Crippen LogP contribution in [0.1, 0.15) is 37.7 Å². The smallest absolute Gasteiger partial charge is 0.306 e. The molecular formula is C17H19ClN2O3S2. The minimum absolute atomic E-state index is 0.298. The monoisotopic (exact) mass is 398 g/mol. The Morgan fingerprint density at radius 2 is 2.24 bits per heavy atom. The highest BCUT2D eigenvalue weighted by atomic mass is 35.5. The van der Waals surface area contributed by atoms with E-state index in [-0.39, 0.29) is 12.6 Å². The van der Waals surface area contributed by atoms with Gasteiger partial charge < -0.3 is 10.1 Å². The van der Waals surface area contributed by atoms with Gasteiger partial charge in [0.05, 0.1) is 11.3 Å². The van der Waals surface area contributed by atoms with Gasteiger partial charge in [0.25, 0.3) is 5.91 Å². The quantitative estimate of drug-likeness (QED) is 0.397. The van der Waals surface area contributed by atoms with E-state index in [1.807, 2.05) is 27.7 Å². The number of rotatable bonds is 8. The molecule has 1 N–H and O–H groups in total. The molecule has 1 aliphatic rings. The summed E-state index contributed by atoms with van der Waals surface area (Å²) in [6.07, 6.45) is 4.45. The van der Waals surface area contributed by atoms with E-state index in [1.54, 1.807) is 6.07 Å². The molecule has 0 unspecified atom stereocenters. The number of nitriles is 1. The summed E-state index contributed by atoms with van der Waals surface area (Å²) in [7, 11) is 3.85. The van der Waals surface area contributed by atoms with Crippen molar-refractivity contribution in [3.63, 3.8) is 0 Å². The number of benzene rings is 1. The maximum Gasteiger partial charge on any atom is 0.306 e. The van der Waals surface area contributed by atoms with Crippen LogP contribution in [0, 0.1) is 11.3 Å². The third kappa shape index (κ3) is 7.18. The first-order valence-corrected chi connectivity index (χ1v) is 10.8. The van der Waals surface area contributed by atoms with Gasteiger partial charge in [-0.2, -0.15) is 5.26 Å². The molecule has 8 heteroatoms. The number of carbonyl (C=O) groups is 2. The Labute approximate surface area is 160 Å². The summed E-state index contributed by atoms with van der Waals surface area (Å²) in [5.41, 5.74) is 0.606. The molecule has 5 nitrogen and oxygen atoms in total. The normalized spacial score (nSPS) is 16.2. The Morgan fingerprint density at radius 3 is 2.96 bits per heavy atom. The second-order valence-corrected chi connectivity index (χ2v) is 8.81. The fraction of sp³-hybridized carbons (Fsp3) is 0.471. The molecule has 0 spiro atoms. The summed E-state index contributed by atoms with van der Waals surface area (Å²) >= 11 is 5.85. The lowest BCUT2D eigenvalue weighted by Crippen LogP contribution is -2.21. The van der Waals surface area contributed by atoms with E-state index in [4.69, 9.17) is 21.6 Å². The summed E-state index contributed by atoms with van der Waals surface area (Å²) < 4.78 is 4.98. The molecule has 0 aromatic heterocycles. The fourth-order valence-electron chi connectivity index (χ4n) is 2.33. The number of amides is 1. The Bertz CT molecular complexity index is 658. The van der Waals surface area contributed by atoms with Gasteiger partial charge in [-0.25, -0.2) is 0 Å². The van der Waals surface area contributed by atoms with Gasteiger partial charge >= 0.3 is 5.97 Å². The van der Waals surface area contributed by atoms with E-state index in [9.17, 15) is 9.59 Å². The lowest BCUT2D eigenvalue weighted by Gasteiger charge is -2.09. The Kier molecular flexibility index (Phi) is 8.45. The van der Waals surface area contributed by atoms with Crippen molar-refractivity contribution >= 4 is 50.8 Å². The highest BCUT2D eigenvalue weighted by molar-refractivity contribution is 8.77. The van der Waals surface area contributed by atoms with E-state index >= 15 is 0 Å². The van der Waals surface area contributed by atoms with Crippen LogP contribution in [0.4, 0.5) is 5.69 Å². The second kappa shape index (κ2) is 10.6. The van der Waals surface area contributed by atoms with Crippen LogP contribution in [0.2, 0.25) is 5.02 Å². The number of nitrogens with zero attached hydrogens (tertiary/aromatic N) is 1. The molecule has 25 heavy (non-hydrogen) atoms. The molecule has 1 atom stereocenters. The van der Waals surface area contributed by atoms with Crippen LogP contribution in [0.25, 0.3) is 0 Å². The highest BCUT2D eigenvalue weighted by Gasteiger charge is 2.16. The molecule has 1 aliphatic heterocycles. The fourth-order valence-corrected chi connectivity index (χ4v) is 5.53. The minimum atomic E-state index is -0.494. The van der Waals surface area contributed by atoms with E-state index in [0.29, 0.717) is 27.9 Å². The first-order chi connectivity index (χ1) is 12.1. The van der Waals surface area contributed by atoms with Crippen LogP contribution in [-0.4, -0.2) is 29.5 Å². The van der Waals surface area contributed by atoms with Gasteiger partial charge in [-0.05, 0) is 37.5 Å². The Balaban J connectivity index is 1.65. The predicted molar refractivity (Wildman–Crippen MR) is 103 cm³/mol. The van der Waals surface area contributed by atoms with Crippen molar-refractivity contribution in [2.45, 2.75) is 37.4 Å². The van der Waals surface area contributed by atoms with Gasteiger partial charge in [0.1, 0.15) is 6.07 Å². The topological polar surface area (TPSA) is 79.2 Å². The van der Waals surface area contributed by atoms with Crippen LogP contribution in [-0.2, 0) is 14.3 Å². The van der Waals surface area contributed by atoms with Crippen molar-refractivity contribution in [2.75, 3.05) is 17.7 Å². The SMILES string of the molecule is N#Cc1ccc(Cl)cc1NC(=O)COC(=O)CCCC[C@@H]1CCSS1. The number of nitrogens with one attached hydrogen (secondary N) is 1. The van der Waals surface area contributed by atoms with Crippen molar-refractivity contribution in [1.29, 1.82) is 5.26 Å². The first kappa shape index (κ1) is 20.0. The zero-order valence-corrected chi connectivity index (χ0v) is 16.0. The molecule has 1 aromatic carbocycles. The number of ether oxygens (including phenoxy) is 1. The third-order valence-electron chi connectivity index (χ3n) is 3.62. The summed E-state index contributed by atoms with van der Waals surface area (Å²) in [4.78, 5) is 23.5. The van der Waals surface area contributed by atoms with Gasteiger partial charge in [0, 0.05) is 22.4 Å². The molecule has 0 bridgehead atoms. The Hall–Kier alpha value is -1.36. The van der Waals surface area contributed by atoms with Crippen LogP contribution in [0.5, 0.6) is 0 Å². The molecule has 1 amide bonds. The number of hydrogen-bond acceptors (Lipinski definition) is 6. The van der Waals surface area contributed by atoms with Crippen molar-refractivity contribution in [3.8, 4) is 6.07 Å². The number of carbonyl (C=O) groups excluding carboxylic acids is 2. The van der Waals surface area contributed by atoms with E-state index in [2.05, 4.69) is 5.32 Å². The average molecular weight is 399 g/mol. The van der Waals surface area contributed by atoms with Gasteiger partial charge in [0.2, 0.25) is 0 Å². The van der Waals surface area contributed by atoms with E-state index in [0.717, 1.165) is 19.3 Å². The third-order valence-corrected chi connectivity index (χ3v) is 6.87. The molecular weight excluding hydrogens is 380 g/mol. The lowest BCUT2D eigenvalue weighted by molar-refractivity contribution is -0.147. The van der Waals surface area contributed by atoms with Gasteiger partial charge in [-0.15, -0.1) is 0 Å². The molecule has 0 aliphatic carbocycles. The molecule has 0 radical (unpaired) electrons. The van der Waals surface area contributed by atoms with E-state index in [1.165, 1.54) is 24.3 Å². The summed E-state index contributed by atoms with van der Waals surface area (Å²) in [5, 5.41) is 12.7. The van der Waals surface area contributed by atoms with Crippen LogP contribution >= 0.6 is 33.2 Å². The molecule has 1 aromatic rings. The first-order valence-electron chi connectivity index (χ1n) is 8.02. The average Bonchev–Trinajstić information content (AvgIpc) is 3.10. The maximum absolute atomic E-state index is 11.9. The molecule has 0 saturated carbocycles. The highest BCUT2D eigenvalue weighted by Crippen LogP contribution is 2.39. The van der Waals surface area contributed by atoms with Crippen molar-refractivity contribution in [1.82, 2.24) is 0 Å². The van der Waals surface area contributed by atoms with Crippen LogP contribution < -0.4 is 5.32 Å². The van der Waals surface area contributed by atoms with Gasteiger partial charge in [0.15, 0.2) is 6.61 Å².